The molecule has 0 N–H and O–H groups in total. The van der Waals surface area contributed by atoms with Crippen molar-refractivity contribution in [2.75, 3.05) is 31.1 Å². The first-order chi connectivity index (χ1) is 16.5. The quantitative estimate of drug-likeness (QED) is 0.263. The Morgan fingerprint density at radius 1 is 0.971 bits per heavy atom. The third kappa shape index (κ3) is 6.07. The summed E-state index contributed by atoms with van der Waals surface area (Å²) in [6.45, 7) is 3.09. The number of halogens is 2. The minimum atomic E-state index is -0.234. The average molecular weight is 581 g/mol. The highest BCUT2D eigenvalue weighted by molar-refractivity contribution is 9.10. The van der Waals surface area contributed by atoms with Gasteiger partial charge in [0.05, 0.1) is 4.47 Å². The smallest absolute Gasteiger partial charge is 0.264 e. The largest absolute Gasteiger partial charge is 0.488 e. The number of nitrogens with zero attached hydrogens (tertiary/aromatic N) is 3. The molecule has 0 bridgehead atoms. The molecule has 5 nitrogen and oxygen atoms in total. The van der Waals surface area contributed by atoms with Gasteiger partial charge in [-0.15, -0.1) is 0 Å². The van der Waals surface area contributed by atoms with Gasteiger partial charge < -0.3 is 14.5 Å². The van der Waals surface area contributed by atoms with E-state index < -0.39 is 0 Å². The van der Waals surface area contributed by atoms with Gasteiger partial charge in [-0.05, 0) is 69.5 Å². The number of carbonyl (C=O) groups is 1. The van der Waals surface area contributed by atoms with Gasteiger partial charge in [0.15, 0.2) is 0 Å². The molecular formula is C27H23Br2N3O2. The lowest BCUT2D eigenvalue weighted by molar-refractivity contribution is -0.126. The molecule has 7 heteroatoms. The van der Waals surface area contributed by atoms with Crippen LogP contribution in [0.3, 0.4) is 0 Å². The van der Waals surface area contributed by atoms with Crippen LogP contribution in [0, 0.1) is 11.3 Å². The Labute approximate surface area is 216 Å². The van der Waals surface area contributed by atoms with Gasteiger partial charge >= 0.3 is 0 Å². The van der Waals surface area contributed by atoms with Gasteiger partial charge in [-0.2, -0.15) is 5.26 Å². The molecule has 0 radical (unpaired) electrons. The minimum absolute atomic E-state index is 0.128. The van der Waals surface area contributed by atoms with E-state index in [9.17, 15) is 10.1 Å². The fourth-order valence-electron chi connectivity index (χ4n) is 3.75. The summed E-state index contributed by atoms with van der Waals surface area (Å²) in [5, 5.41) is 9.66. The molecule has 172 valence electrons. The predicted molar refractivity (Wildman–Crippen MR) is 141 cm³/mol. The van der Waals surface area contributed by atoms with Gasteiger partial charge in [0.2, 0.25) is 0 Å². The first kappa shape index (κ1) is 24.1. The van der Waals surface area contributed by atoms with Crippen LogP contribution in [0.2, 0.25) is 0 Å². The van der Waals surface area contributed by atoms with E-state index >= 15 is 0 Å². The second kappa shape index (κ2) is 11.4. The Balaban J connectivity index is 1.38. The number of carbonyl (C=O) groups excluding carboxylic acids is 1. The van der Waals surface area contributed by atoms with E-state index in [2.05, 4.69) is 55.0 Å². The van der Waals surface area contributed by atoms with Crippen molar-refractivity contribution < 1.29 is 9.53 Å². The number of hydrogen-bond donors (Lipinski definition) is 0. The normalized spacial score (nSPS) is 14.0. The molecule has 1 aliphatic rings. The topological polar surface area (TPSA) is 56.6 Å². The molecule has 1 saturated heterocycles. The number of benzene rings is 3. The summed E-state index contributed by atoms with van der Waals surface area (Å²) in [6, 6.07) is 25.7. The van der Waals surface area contributed by atoms with Crippen molar-refractivity contribution in [2.24, 2.45) is 0 Å². The highest BCUT2D eigenvalue weighted by atomic mass is 79.9. The molecule has 3 aromatic carbocycles. The highest BCUT2D eigenvalue weighted by Crippen LogP contribution is 2.28. The summed E-state index contributed by atoms with van der Waals surface area (Å²) < 4.78 is 7.70. The van der Waals surface area contributed by atoms with E-state index in [1.54, 1.807) is 11.0 Å². The molecule has 0 unspecified atom stereocenters. The third-order valence-electron chi connectivity index (χ3n) is 5.61. The van der Waals surface area contributed by atoms with E-state index in [1.165, 1.54) is 0 Å². The number of nitriles is 1. The van der Waals surface area contributed by atoms with Crippen LogP contribution in [0.4, 0.5) is 5.69 Å². The fraction of sp³-hybridized carbons (Fsp3) is 0.185. The summed E-state index contributed by atoms with van der Waals surface area (Å²) >= 11 is 6.97. The maximum absolute atomic E-state index is 13.0. The Kier molecular flexibility index (Phi) is 8.04. The number of hydrogen-bond acceptors (Lipinski definition) is 4. The van der Waals surface area contributed by atoms with Gasteiger partial charge in [0, 0.05) is 36.3 Å². The molecule has 1 fully saturated rings. The molecule has 1 aliphatic heterocycles. The van der Waals surface area contributed by atoms with E-state index in [0.29, 0.717) is 25.4 Å². The van der Waals surface area contributed by atoms with Crippen LogP contribution in [0.1, 0.15) is 11.1 Å². The van der Waals surface area contributed by atoms with E-state index in [0.717, 1.165) is 38.8 Å². The minimum Gasteiger partial charge on any atom is -0.488 e. The summed E-state index contributed by atoms with van der Waals surface area (Å²) in [5.74, 6) is 0.462. The molecule has 3 aromatic rings. The lowest BCUT2D eigenvalue weighted by Crippen LogP contribution is -2.49. The molecule has 4 rings (SSSR count). The van der Waals surface area contributed by atoms with Crippen molar-refractivity contribution in [3.05, 3.63) is 98.4 Å². The molecule has 0 atom stereocenters. The molecule has 1 heterocycles. The molecule has 0 saturated carbocycles. The second-order valence-corrected chi connectivity index (χ2v) is 9.66. The van der Waals surface area contributed by atoms with Gasteiger partial charge in [0.1, 0.15) is 24.0 Å². The van der Waals surface area contributed by atoms with Gasteiger partial charge in [-0.25, -0.2) is 0 Å². The molecular weight excluding hydrogens is 558 g/mol. The Morgan fingerprint density at radius 2 is 1.68 bits per heavy atom. The zero-order valence-corrected chi connectivity index (χ0v) is 21.6. The number of amides is 1. The van der Waals surface area contributed by atoms with Crippen molar-refractivity contribution in [1.82, 2.24) is 4.90 Å². The number of anilines is 1. The number of para-hydroxylation sites is 1. The SMILES string of the molecule is N#C/C(=C/c1ccc(OCc2ccc(Br)cc2)c(Br)c1)C(=O)N1CCN(c2ccccc2)CC1. The molecule has 0 aromatic heterocycles. The van der Waals surface area contributed by atoms with Crippen LogP contribution in [0.15, 0.2) is 87.3 Å². The first-order valence-electron chi connectivity index (χ1n) is 10.9. The highest BCUT2D eigenvalue weighted by Gasteiger charge is 2.24. The Bertz CT molecular complexity index is 1210. The monoisotopic (exact) mass is 579 g/mol. The maximum atomic E-state index is 13.0. The first-order valence-corrected chi connectivity index (χ1v) is 12.5. The standard InChI is InChI=1S/C27H23Br2N3O2/c28-23-9-6-20(7-10-23)19-34-26-11-8-21(17-25(26)29)16-22(18-30)27(33)32-14-12-31(13-15-32)24-4-2-1-3-5-24/h1-11,16-17H,12-15,19H2/b22-16-. The third-order valence-corrected chi connectivity index (χ3v) is 6.76. The van der Waals surface area contributed by atoms with Crippen LogP contribution in [0.25, 0.3) is 6.08 Å². The van der Waals surface area contributed by atoms with E-state index in [4.69, 9.17) is 4.74 Å². The molecule has 0 spiro atoms. The summed E-state index contributed by atoms with van der Waals surface area (Å²) in [5.41, 5.74) is 3.10. The van der Waals surface area contributed by atoms with E-state index in [-0.39, 0.29) is 11.5 Å². The van der Waals surface area contributed by atoms with Gasteiger partial charge in [-0.3, -0.25) is 4.79 Å². The maximum Gasteiger partial charge on any atom is 0.264 e. The van der Waals surface area contributed by atoms with Gasteiger partial charge in [-0.1, -0.05) is 52.3 Å². The van der Waals surface area contributed by atoms with E-state index in [1.807, 2.05) is 60.7 Å². The van der Waals surface area contributed by atoms with Crippen molar-refractivity contribution in [2.45, 2.75) is 6.61 Å². The molecule has 0 aliphatic carbocycles. The van der Waals surface area contributed by atoms with Crippen LogP contribution in [0.5, 0.6) is 5.75 Å². The van der Waals surface area contributed by atoms with Crippen LogP contribution in [-0.4, -0.2) is 37.0 Å². The predicted octanol–water partition coefficient (Wildman–Crippen LogP) is 6.05. The van der Waals surface area contributed by atoms with Crippen LogP contribution in [-0.2, 0) is 11.4 Å². The fourth-order valence-corrected chi connectivity index (χ4v) is 4.53. The number of piperazine rings is 1. The average Bonchev–Trinajstić information content (AvgIpc) is 2.88. The Morgan fingerprint density at radius 3 is 2.32 bits per heavy atom. The second-order valence-electron chi connectivity index (χ2n) is 7.89. The number of ether oxygens (including phenoxy) is 1. The molecule has 34 heavy (non-hydrogen) atoms. The van der Waals surface area contributed by atoms with Crippen molar-refractivity contribution >= 4 is 49.5 Å². The lowest BCUT2D eigenvalue weighted by Gasteiger charge is -2.36. The van der Waals surface area contributed by atoms with Crippen molar-refractivity contribution in [3.63, 3.8) is 0 Å². The lowest BCUT2D eigenvalue weighted by atomic mass is 10.1. The van der Waals surface area contributed by atoms with Crippen LogP contribution >= 0.6 is 31.9 Å². The summed E-state index contributed by atoms with van der Waals surface area (Å²) in [6.07, 6.45) is 1.63. The Hall–Kier alpha value is -3.08. The molecule has 1 amide bonds. The zero-order chi connectivity index (χ0) is 23.9. The van der Waals surface area contributed by atoms with Gasteiger partial charge in [0.25, 0.3) is 5.91 Å². The van der Waals surface area contributed by atoms with Crippen molar-refractivity contribution in [1.29, 1.82) is 5.26 Å². The zero-order valence-electron chi connectivity index (χ0n) is 18.5. The van der Waals surface area contributed by atoms with Crippen molar-refractivity contribution in [3.8, 4) is 11.8 Å². The summed E-state index contributed by atoms with van der Waals surface area (Å²) in [7, 11) is 0. The summed E-state index contributed by atoms with van der Waals surface area (Å²) in [4.78, 5) is 17.0. The number of rotatable bonds is 6. The van der Waals surface area contributed by atoms with Crippen LogP contribution < -0.4 is 9.64 Å².